The Balaban J connectivity index is 2.20. The van der Waals surface area contributed by atoms with Crippen LogP contribution in [0.2, 0.25) is 0 Å². The first-order valence-corrected chi connectivity index (χ1v) is 6.90. The molecule has 20 heavy (non-hydrogen) atoms. The highest BCUT2D eigenvalue weighted by Gasteiger charge is 2.15. The predicted molar refractivity (Wildman–Crippen MR) is 77.6 cm³/mol. The minimum absolute atomic E-state index is 0.162. The van der Waals surface area contributed by atoms with Crippen molar-refractivity contribution in [2.75, 3.05) is 0 Å². The molecule has 0 aliphatic carbocycles. The SMILES string of the molecule is CCCCC(Cn1ccnc1)c1cccc([N+](=O)[O-])c1. The summed E-state index contributed by atoms with van der Waals surface area (Å²) >= 11 is 0. The lowest BCUT2D eigenvalue weighted by Crippen LogP contribution is -2.08. The number of hydrogen-bond acceptors (Lipinski definition) is 3. The van der Waals surface area contributed by atoms with E-state index in [2.05, 4.69) is 11.9 Å². The number of nitrogens with zero attached hydrogens (tertiary/aromatic N) is 3. The van der Waals surface area contributed by atoms with Crippen molar-refractivity contribution in [1.82, 2.24) is 9.55 Å². The van der Waals surface area contributed by atoms with Crippen LogP contribution in [0.3, 0.4) is 0 Å². The third-order valence-electron chi connectivity index (χ3n) is 3.45. The Morgan fingerprint density at radius 1 is 1.45 bits per heavy atom. The normalized spacial score (nSPS) is 12.2. The number of imidazole rings is 1. The Labute approximate surface area is 118 Å². The van der Waals surface area contributed by atoms with E-state index in [1.165, 1.54) is 6.07 Å². The Kier molecular flexibility index (Phi) is 4.87. The summed E-state index contributed by atoms with van der Waals surface area (Å²) in [6.45, 7) is 2.96. The zero-order chi connectivity index (χ0) is 14.4. The average Bonchev–Trinajstić information content (AvgIpc) is 2.96. The molecule has 5 heteroatoms. The van der Waals surface area contributed by atoms with Gasteiger partial charge in [-0.3, -0.25) is 10.1 Å². The number of aromatic nitrogens is 2. The topological polar surface area (TPSA) is 61.0 Å². The molecule has 5 nitrogen and oxygen atoms in total. The van der Waals surface area contributed by atoms with Crippen molar-refractivity contribution in [3.05, 3.63) is 58.7 Å². The highest BCUT2D eigenvalue weighted by molar-refractivity contribution is 5.36. The summed E-state index contributed by atoms with van der Waals surface area (Å²) in [6.07, 6.45) is 8.73. The lowest BCUT2D eigenvalue weighted by molar-refractivity contribution is -0.384. The summed E-state index contributed by atoms with van der Waals surface area (Å²) in [5.41, 5.74) is 1.19. The van der Waals surface area contributed by atoms with Gasteiger partial charge >= 0.3 is 0 Å². The van der Waals surface area contributed by atoms with Gasteiger partial charge in [-0.05, 0) is 12.0 Å². The van der Waals surface area contributed by atoms with Crippen LogP contribution >= 0.6 is 0 Å². The molecule has 1 aromatic heterocycles. The van der Waals surface area contributed by atoms with Gasteiger partial charge in [-0.15, -0.1) is 0 Å². The molecular formula is C15H19N3O2. The summed E-state index contributed by atoms with van der Waals surface area (Å²) in [4.78, 5) is 14.6. The fourth-order valence-corrected chi connectivity index (χ4v) is 2.36. The molecule has 0 aliphatic heterocycles. The number of benzene rings is 1. The van der Waals surface area contributed by atoms with Crippen LogP contribution in [0.4, 0.5) is 5.69 Å². The van der Waals surface area contributed by atoms with Crippen molar-refractivity contribution < 1.29 is 4.92 Å². The molecular weight excluding hydrogens is 254 g/mol. The fourth-order valence-electron chi connectivity index (χ4n) is 2.36. The zero-order valence-corrected chi connectivity index (χ0v) is 11.6. The Morgan fingerprint density at radius 2 is 2.30 bits per heavy atom. The Bertz CT molecular complexity index is 552. The summed E-state index contributed by atoms with van der Waals surface area (Å²) in [7, 11) is 0. The first kappa shape index (κ1) is 14.2. The molecule has 0 saturated carbocycles. The van der Waals surface area contributed by atoms with Gasteiger partial charge < -0.3 is 4.57 Å². The van der Waals surface area contributed by atoms with E-state index in [1.807, 2.05) is 16.8 Å². The van der Waals surface area contributed by atoms with Crippen LogP contribution in [-0.2, 0) is 6.54 Å². The van der Waals surface area contributed by atoms with E-state index in [4.69, 9.17) is 0 Å². The van der Waals surface area contributed by atoms with Gasteiger partial charge in [0.2, 0.25) is 0 Å². The number of nitro benzene ring substituents is 1. The van der Waals surface area contributed by atoms with Gasteiger partial charge in [0, 0.05) is 37.0 Å². The van der Waals surface area contributed by atoms with Crippen molar-refractivity contribution in [3.63, 3.8) is 0 Å². The molecule has 2 aromatic rings. The Hall–Kier alpha value is -2.17. The van der Waals surface area contributed by atoms with Gasteiger partial charge in [0.15, 0.2) is 0 Å². The molecule has 0 fully saturated rings. The van der Waals surface area contributed by atoms with Crippen LogP contribution in [-0.4, -0.2) is 14.5 Å². The lowest BCUT2D eigenvalue weighted by Gasteiger charge is -2.17. The molecule has 0 spiro atoms. The highest BCUT2D eigenvalue weighted by atomic mass is 16.6. The van der Waals surface area contributed by atoms with Gasteiger partial charge in [-0.2, -0.15) is 0 Å². The predicted octanol–water partition coefficient (Wildman–Crippen LogP) is 3.77. The number of nitro groups is 1. The van der Waals surface area contributed by atoms with Gasteiger partial charge in [-0.1, -0.05) is 31.9 Å². The first-order chi connectivity index (χ1) is 9.70. The van der Waals surface area contributed by atoms with E-state index < -0.39 is 0 Å². The van der Waals surface area contributed by atoms with Crippen molar-refractivity contribution >= 4 is 5.69 Å². The van der Waals surface area contributed by atoms with E-state index in [9.17, 15) is 10.1 Å². The lowest BCUT2D eigenvalue weighted by atomic mass is 9.93. The molecule has 0 amide bonds. The van der Waals surface area contributed by atoms with E-state index in [0.29, 0.717) is 0 Å². The second-order valence-corrected chi connectivity index (χ2v) is 4.95. The molecule has 0 saturated heterocycles. The molecule has 0 bridgehead atoms. The third kappa shape index (κ3) is 3.66. The Morgan fingerprint density at radius 3 is 2.95 bits per heavy atom. The molecule has 1 unspecified atom stereocenters. The van der Waals surface area contributed by atoms with Crippen LogP contribution < -0.4 is 0 Å². The van der Waals surface area contributed by atoms with E-state index in [-0.39, 0.29) is 16.5 Å². The zero-order valence-electron chi connectivity index (χ0n) is 11.6. The standard InChI is InChI=1S/C15H19N3O2/c1-2-3-5-14(11-17-9-8-16-12-17)13-6-4-7-15(10-13)18(19)20/h4,6-10,12,14H,2-3,5,11H2,1H3. The molecule has 0 aliphatic rings. The number of unbranched alkanes of at least 4 members (excludes halogenated alkanes) is 1. The van der Waals surface area contributed by atoms with Crippen LogP contribution in [0, 0.1) is 10.1 Å². The molecule has 0 radical (unpaired) electrons. The van der Waals surface area contributed by atoms with Gasteiger partial charge in [0.05, 0.1) is 11.3 Å². The summed E-state index contributed by atoms with van der Waals surface area (Å²) in [5.74, 6) is 0.282. The largest absolute Gasteiger partial charge is 0.337 e. The van der Waals surface area contributed by atoms with Gasteiger partial charge in [0.25, 0.3) is 5.69 Å². The van der Waals surface area contributed by atoms with Crippen LogP contribution in [0.15, 0.2) is 43.0 Å². The maximum Gasteiger partial charge on any atom is 0.269 e. The quantitative estimate of drug-likeness (QED) is 0.570. The average molecular weight is 273 g/mol. The second kappa shape index (κ2) is 6.84. The van der Waals surface area contributed by atoms with Crippen LogP contribution in [0.1, 0.15) is 37.7 Å². The van der Waals surface area contributed by atoms with E-state index in [1.54, 1.807) is 24.7 Å². The summed E-state index contributed by atoms with van der Waals surface area (Å²) in [5, 5.41) is 10.9. The smallest absolute Gasteiger partial charge is 0.269 e. The van der Waals surface area contributed by atoms with Crippen molar-refractivity contribution in [1.29, 1.82) is 0 Å². The maximum atomic E-state index is 10.9. The summed E-state index contributed by atoms with van der Waals surface area (Å²) < 4.78 is 2.03. The third-order valence-corrected chi connectivity index (χ3v) is 3.45. The number of hydrogen-bond donors (Lipinski definition) is 0. The molecule has 1 aromatic carbocycles. The van der Waals surface area contributed by atoms with E-state index in [0.717, 1.165) is 31.4 Å². The monoisotopic (exact) mass is 273 g/mol. The minimum Gasteiger partial charge on any atom is -0.337 e. The number of rotatable bonds is 7. The molecule has 1 atom stereocenters. The molecule has 106 valence electrons. The van der Waals surface area contributed by atoms with Gasteiger partial charge in [0.1, 0.15) is 0 Å². The molecule has 1 heterocycles. The number of non-ortho nitro benzene ring substituents is 1. The minimum atomic E-state index is -0.336. The molecule has 0 N–H and O–H groups in total. The fraction of sp³-hybridized carbons (Fsp3) is 0.400. The maximum absolute atomic E-state index is 10.9. The van der Waals surface area contributed by atoms with E-state index >= 15 is 0 Å². The van der Waals surface area contributed by atoms with Crippen LogP contribution in [0.25, 0.3) is 0 Å². The summed E-state index contributed by atoms with van der Waals surface area (Å²) in [6, 6.07) is 6.97. The molecule has 2 rings (SSSR count). The van der Waals surface area contributed by atoms with Crippen molar-refractivity contribution in [3.8, 4) is 0 Å². The highest BCUT2D eigenvalue weighted by Crippen LogP contribution is 2.27. The van der Waals surface area contributed by atoms with Gasteiger partial charge in [-0.25, -0.2) is 4.98 Å². The second-order valence-electron chi connectivity index (χ2n) is 4.95. The first-order valence-electron chi connectivity index (χ1n) is 6.90. The van der Waals surface area contributed by atoms with Crippen molar-refractivity contribution in [2.24, 2.45) is 0 Å². The van der Waals surface area contributed by atoms with Crippen LogP contribution in [0.5, 0.6) is 0 Å². The van der Waals surface area contributed by atoms with Crippen molar-refractivity contribution in [2.45, 2.75) is 38.6 Å².